The molecule has 0 aliphatic heterocycles. The Morgan fingerprint density at radius 2 is 1.36 bits per heavy atom. The number of fused-ring (bicyclic) bond motifs is 2. The Bertz CT molecular complexity index is 489. The van der Waals surface area contributed by atoms with E-state index in [1.165, 1.54) is 21.5 Å². The van der Waals surface area contributed by atoms with Gasteiger partial charge in [-0.1, -0.05) is 30.3 Å². The highest BCUT2D eigenvalue weighted by atomic mass is 14.0. The van der Waals surface area contributed by atoms with E-state index < -0.39 is 0 Å². The van der Waals surface area contributed by atoms with Gasteiger partial charge < -0.3 is 0 Å². The lowest BCUT2D eigenvalue weighted by Crippen LogP contribution is -1.74. The van der Waals surface area contributed by atoms with Crippen molar-refractivity contribution in [3.63, 3.8) is 0 Å². The Kier molecular flexibility index (Phi) is 1.54. The smallest absolute Gasteiger partial charge is 0.0209 e. The van der Waals surface area contributed by atoms with Crippen LogP contribution in [0.5, 0.6) is 0 Å². The standard InChI is InChI=1S/C14H9/c1-2-6-12-10-14-8-4-3-7-13(14)9-11(12)5-1/h1-3,5-10H/q-1. The molecular formula is C14H9-. The fraction of sp³-hybridized carbons (Fsp3) is 0. The molecule has 0 nitrogen and oxygen atoms in total. The number of hydrogen-bond acceptors (Lipinski definition) is 0. The van der Waals surface area contributed by atoms with Gasteiger partial charge in [0.2, 0.25) is 0 Å². The van der Waals surface area contributed by atoms with Gasteiger partial charge in [0.05, 0.1) is 0 Å². The van der Waals surface area contributed by atoms with E-state index in [1.807, 2.05) is 12.1 Å². The minimum Gasteiger partial charge on any atom is -0.183 e. The monoisotopic (exact) mass is 177 g/mol. The summed E-state index contributed by atoms with van der Waals surface area (Å²) in [4.78, 5) is 0. The average Bonchev–Trinajstić information content (AvgIpc) is 2.26. The normalized spacial score (nSPS) is 10.9. The Morgan fingerprint density at radius 1 is 0.714 bits per heavy atom. The zero-order valence-electron chi connectivity index (χ0n) is 7.70. The van der Waals surface area contributed by atoms with E-state index in [0.717, 1.165) is 0 Å². The molecule has 0 saturated heterocycles. The van der Waals surface area contributed by atoms with Gasteiger partial charge in [-0.2, -0.15) is 24.3 Å². The summed E-state index contributed by atoms with van der Waals surface area (Å²) in [6, 6.07) is 22.0. The third-order valence-corrected chi connectivity index (χ3v) is 2.55. The van der Waals surface area contributed by atoms with Gasteiger partial charge in [0.25, 0.3) is 0 Å². The fourth-order valence-corrected chi connectivity index (χ4v) is 1.82. The average molecular weight is 177 g/mol. The third kappa shape index (κ3) is 1.08. The zero-order valence-corrected chi connectivity index (χ0v) is 7.70. The van der Waals surface area contributed by atoms with Crippen LogP contribution in [-0.4, -0.2) is 0 Å². The third-order valence-electron chi connectivity index (χ3n) is 2.55. The van der Waals surface area contributed by atoms with Gasteiger partial charge in [-0.15, -0.1) is 16.8 Å². The van der Waals surface area contributed by atoms with Gasteiger partial charge in [-0.3, -0.25) is 0 Å². The number of rotatable bonds is 0. The predicted molar refractivity (Wildman–Crippen MR) is 60.3 cm³/mol. The highest BCUT2D eigenvalue weighted by Crippen LogP contribution is 2.21. The summed E-state index contributed by atoms with van der Waals surface area (Å²) in [6.45, 7) is 0. The Hall–Kier alpha value is -1.82. The molecule has 0 fully saturated rings. The van der Waals surface area contributed by atoms with Crippen molar-refractivity contribution in [2.24, 2.45) is 0 Å². The minimum absolute atomic E-state index is 1.26. The molecule has 0 N–H and O–H groups in total. The molecular weight excluding hydrogens is 168 g/mol. The molecule has 0 saturated carbocycles. The van der Waals surface area contributed by atoms with Crippen molar-refractivity contribution in [1.82, 2.24) is 0 Å². The van der Waals surface area contributed by atoms with Crippen LogP contribution in [0.25, 0.3) is 21.5 Å². The first-order valence-corrected chi connectivity index (χ1v) is 4.72. The van der Waals surface area contributed by atoms with Crippen LogP contribution >= 0.6 is 0 Å². The summed E-state index contributed by atoms with van der Waals surface area (Å²) < 4.78 is 0. The molecule has 0 bridgehead atoms. The molecule has 0 aliphatic rings. The summed E-state index contributed by atoms with van der Waals surface area (Å²) in [5.74, 6) is 0. The molecule has 0 amide bonds. The van der Waals surface area contributed by atoms with Crippen molar-refractivity contribution in [2.45, 2.75) is 0 Å². The minimum atomic E-state index is 1.26. The zero-order chi connectivity index (χ0) is 9.38. The maximum absolute atomic E-state index is 3.10. The van der Waals surface area contributed by atoms with E-state index >= 15 is 0 Å². The maximum Gasteiger partial charge on any atom is -0.0209 e. The molecule has 0 heteroatoms. The van der Waals surface area contributed by atoms with Crippen LogP contribution in [0.1, 0.15) is 0 Å². The predicted octanol–water partition coefficient (Wildman–Crippen LogP) is 3.79. The van der Waals surface area contributed by atoms with Crippen LogP contribution in [0, 0.1) is 6.07 Å². The first kappa shape index (κ1) is 7.57. The highest BCUT2D eigenvalue weighted by molar-refractivity contribution is 5.97. The lowest BCUT2D eigenvalue weighted by molar-refractivity contribution is 1.75. The van der Waals surface area contributed by atoms with Gasteiger partial charge in [-0.05, 0) is 10.8 Å². The Balaban J connectivity index is 2.52. The second-order valence-electron chi connectivity index (χ2n) is 3.47. The van der Waals surface area contributed by atoms with Crippen LogP contribution in [0.15, 0.2) is 54.6 Å². The summed E-state index contributed by atoms with van der Waals surface area (Å²) in [5, 5.41) is 5.12. The quantitative estimate of drug-likeness (QED) is 0.362. The SMILES string of the molecule is [c-]1ccc2cc3ccccc3cc2c1. The molecule has 0 unspecified atom stereocenters. The van der Waals surface area contributed by atoms with Gasteiger partial charge in [0, 0.05) is 0 Å². The van der Waals surface area contributed by atoms with Gasteiger partial charge in [0.15, 0.2) is 0 Å². The van der Waals surface area contributed by atoms with E-state index in [-0.39, 0.29) is 0 Å². The number of hydrogen-bond donors (Lipinski definition) is 0. The van der Waals surface area contributed by atoms with Crippen molar-refractivity contribution in [3.8, 4) is 0 Å². The molecule has 0 spiro atoms. The van der Waals surface area contributed by atoms with Crippen LogP contribution < -0.4 is 0 Å². The highest BCUT2D eigenvalue weighted by Gasteiger charge is 1.90. The molecule has 3 aromatic rings. The van der Waals surface area contributed by atoms with Gasteiger partial charge in [0.1, 0.15) is 0 Å². The molecule has 3 aromatic carbocycles. The van der Waals surface area contributed by atoms with Crippen molar-refractivity contribution < 1.29 is 0 Å². The lowest BCUT2D eigenvalue weighted by atomic mass is 10.0. The molecule has 0 heterocycles. The first-order valence-electron chi connectivity index (χ1n) is 4.72. The molecule has 0 aromatic heterocycles. The van der Waals surface area contributed by atoms with Gasteiger partial charge >= 0.3 is 0 Å². The summed E-state index contributed by atoms with van der Waals surface area (Å²) >= 11 is 0. The van der Waals surface area contributed by atoms with Crippen LogP contribution in [0.4, 0.5) is 0 Å². The van der Waals surface area contributed by atoms with E-state index in [1.54, 1.807) is 0 Å². The molecule has 0 aliphatic carbocycles. The van der Waals surface area contributed by atoms with Crippen molar-refractivity contribution in [1.29, 1.82) is 0 Å². The van der Waals surface area contributed by atoms with E-state index in [4.69, 9.17) is 0 Å². The van der Waals surface area contributed by atoms with E-state index in [9.17, 15) is 0 Å². The van der Waals surface area contributed by atoms with Crippen LogP contribution in [-0.2, 0) is 0 Å². The summed E-state index contributed by atoms with van der Waals surface area (Å²) in [5.41, 5.74) is 0. The second-order valence-corrected chi connectivity index (χ2v) is 3.47. The van der Waals surface area contributed by atoms with Crippen LogP contribution in [0.3, 0.4) is 0 Å². The van der Waals surface area contributed by atoms with Crippen LogP contribution in [0.2, 0.25) is 0 Å². The van der Waals surface area contributed by atoms with E-state index in [2.05, 4.69) is 48.5 Å². The lowest BCUT2D eigenvalue weighted by Gasteiger charge is -2.07. The second kappa shape index (κ2) is 2.85. The molecule has 14 heavy (non-hydrogen) atoms. The molecule has 0 radical (unpaired) electrons. The first-order chi connectivity index (χ1) is 6.93. The van der Waals surface area contributed by atoms with Crippen molar-refractivity contribution >= 4 is 21.5 Å². The van der Waals surface area contributed by atoms with Crippen molar-refractivity contribution in [2.75, 3.05) is 0 Å². The molecule has 0 atom stereocenters. The van der Waals surface area contributed by atoms with Crippen molar-refractivity contribution in [3.05, 3.63) is 60.7 Å². The largest absolute Gasteiger partial charge is 0.183 e. The maximum atomic E-state index is 3.10. The Labute approximate surface area is 82.8 Å². The Morgan fingerprint density at radius 3 is 2.14 bits per heavy atom. The van der Waals surface area contributed by atoms with E-state index in [0.29, 0.717) is 0 Å². The fourth-order valence-electron chi connectivity index (χ4n) is 1.82. The summed E-state index contributed by atoms with van der Waals surface area (Å²) in [6.07, 6.45) is 0. The summed E-state index contributed by atoms with van der Waals surface area (Å²) in [7, 11) is 0. The van der Waals surface area contributed by atoms with Gasteiger partial charge in [-0.25, -0.2) is 0 Å². The number of benzene rings is 3. The molecule has 3 rings (SSSR count). The molecule has 66 valence electrons. The topological polar surface area (TPSA) is 0 Å².